The van der Waals surface area contributed by atoms with Crippen molar-refractivity contribution in [3.63, 3.8) is 0 Å². The number of rotatable bonds is 2. The van der Waals surface area contributed by atoms with Crippen LogP contribution in [0.15, 0.2) is 130 Å². The molecule has 3 heterocycles. The lowest BCUT2D eigenvalue weighted by Gasteiger charge is -2.25. The summed E-state index contributed by atoms with van der Waals surface area (Å²) in [4.78, 5) is 0. The van der Waals surface area contributed by atoms with E-state index in [2.05, 4.69) is 72.8 Å². The predicted molar refractivity (Wildman–Crippen MR) is 173 cm³/mol. The maximum absolute atomic E-state index is 6.44. The van der Waals surface area contributed by atoms with Crippen molar-refractivity contribution in [1.82, 2.24) is 0 Å². The van der Waals surface area contributed by atoms with Crippen LogP contribution in [-0.4, -0.2) is 5.79 Å². The summed E-state index contributed by atoms with van der Waals surface area (Å²) >= 11 is 0. The van der Waals surface area contributed by atoms with Gasteiger partial charge in [0.2, 0.25) is 5.79 Å². The Morgan fingerprint density at radius 2 is 0.860 bits per heavy atom. The zero-order valence-electron chi connectivity index (χ0n) is 23.7. The Hall–Kier alpha value is -5.48. The fourth-order valence-corrected chi connectivity index (χ4v) is 6.49. The standard InChI is InChI=1S/C39H26O4/c1-39(2)42-35-19-17-23(25-11-7-13-29-27-9-3-5-15-33(27)40-37(25)29)21-31(35)32-22-24(18-20-36(32)43-39)26-12-8-14-30-28-10-4-6-16-34(28)41-38(26)30/h3-22H,1-2H3. The molecule has 43 heavy (non-hydrogen) atoms. The van der Waals surface area contributed by atoms with E-state index in [4.69, 9.17) is 18.3 Å². The van der Waals surface area contributed by atoms with Crippen LogP contribution in [0.25, 0.3) is 77.3 Å². The quantitative estimate of drug-likeness (QED) is 0.212. The van der Waals surface area contributed by atoms with Crippen LogP contribution in [0.4, 0.5) is 0 Å². The van der Waals surface area contributed by atoms with E-state index in [1.165, 1.54) is 0 Å². The lowest BCUT2D eigenvalue weighted by Crippen LogP contribution is -2.34. The van der Waals surface area contributed by atoms with Crippen LogP contribution in [0.3, 0.4) is 0 Å². The number of hydrogen-bond acceptors (Lipinski definition) is 4. The third-order valence-electron chi connectivity index (χ3n) is 8.39. The largest absolute Gasteiger partial charge is 0.455 e. The number of benzene rings is 6. The maximum Gasteiger partial charge on any atom is 0.245 e. The van der Waals surface area contributed by atoms with Gasteiger partial charge in [0, 0.05) is 57.6 Å². The minimum absolute atomic E-state index is 0.767. The molecule has 0 radical (unpaired) electrons. The third kappa shape index (κ3) is 3.70. The van der Waals surface area contributed by atoms with Crippen molar-refractivity contribution in [2.24, 2.45) is 0 Å². The summed E-state index contributed by atoms with van der Waals surface area (Å²) in [5.74, 6) is 0.687. The highest BCUT2D eigenvalue weighted by molar-refractivity contribution is 6.11. The van der Waals surface area contributed by atoms with Crippen molar-refractivity contribution in [1.29, 1.82) is 0 Å². The highest BCUT2D eigenvalue weighted by Crippen LogP contribution is 2.47. The van der Waals surface area contributed by atoms with Gasteiger partial charge in [0.15, 0.2) is 0 Å². The number of hydrogen-bond donors (Lipinski definition) is 0. The van der Waals surface area contributed by atoms with E-state index in [1.54, 1.807) is 0 Å². The van der Waals surface area contributed by atoms with E-state index in [1.807, 2.05) is 62.4 Å². The lowest BCUT2D eigenvalue weighted by molar-refractivity contribution is -0.0778. The van der Waals surface area contributed by atoms with Crippen molar-refractivity contribution < 1.29 is 18.3 Å². The van der Waals surface area contributed by atoms with Gasteiger partial charge in [0.1, 0.15) is 33.8 Å². The summed E-state index contributed by atoms with van der Waals surface area (Å²) < 4.78 is 25.7. The third-order valence-corrected chi connectivity index (χ3v) is 8.39. The van der Waals surface area contributed by atoms with Crippen molar-refractivity contribution >= 4 is 43.9 Å². The number of para-hydroxylation sites is 4. The first kappa shape index (κ1) is 24.2. The SMILES string of the molecule is CC1(C)Oc2ccc(-c3cccc4c3oc3ccccc34)cc2-c2cc(-c3cccc4c3oc3ccccc34)ccc2O1. The molecule has 4 heteroatoms. The van der Waals surface area contributed by atoms with E-state index < -0.39 is 5.79 Å². The summed E-state index contributed by atoms with van der Waals surface area (Å²) in [7, 11) is 0. The van der Waals surface area contributed by atoms with Crippen molar-refractivity contribution in [2.75, 3.05) is 0 Å². The van der Waals surface area contributed by atoms with Crippen molar-refractivity contribution in [3.8, 4) is 44.9 Å². The molecule has 8 aromatic rings. The summed E-state index contributed by atoms with van der Waals surface area (Å²) in [5.41, 5.74) is 9.59. The van der Waals surface area contributed by atoms with Crippen LogP contribution in [0, 0.1) is 0 Å². The van der Waals surface area contributed by atoms with Crippen LogP contribution in [-0.2, 0) is 0 Å². The molecular formula is C39H26O4. The first-order valence-corrected chi connectivity index (χ1v) is 14.5. The molecule has 1 aliphatic heterocycles. The Balaban J connectivity index is 1.26. The molecule has 206 valence electrons. The molecule has 0 spiro atoms. The van der Waals surface area contributed by atoms with E-state index in [0.29, 0.717) is 0 Å². The molecule has 0 fully saturated rings. The number of ether oxygens (including phenoxy) is 2. The number of fused-ring (bicyclic) bond motifs is 9. The highest BCUT2D eigenvalue weighted by Gasteiger charge is 2.30. The lowest BCUT2D eigenvalue weighted by atomic mass is 9.93. The fraction of sp³-hybridized carbons (Fsp3) is 0.0769. The number of furan rings is 2. The molecule has 0 saturated carbocycles. The van der Waals surface area contributed by atoms with E-state index >= 15 is 0 Å². The van der Waals surface area contributed by atoms with Gasteiger partial charge in [0.05, 0.1) is 0 Å². The van der Waals surface area contributed by atoms with Gasteiger partial charge in [-0.2, -0.15) is 0 Å². The smallest absolute Gasteiger partial charge is 0.245 e. The first-order valence-electron chi connectivity index (χ1n) is 14.5. The summed E-state index contributed by atoms with van der Waals surface area (Å²) in [6.45, 7) is 3.88. The second-order valence-corrected chi connectivity index (χ2v) is 11.6. The van der Waals surface area contributed by atoms with Crippen LogP contribution in [0.5, 0.6) is 11.5 Å². The van der Waals surface area contributed by atoms with Crippen LogP contribution < -0.4 is 9.47 Å². The predicted octanol–water partition coefficient (Wildman–Crippen LogP) is 11.0. The molecular weight excluding hydrogens is 532 g/mol. The monoisotopic (exact) mass is 558 g/mol. The molecule has 0 saturated heterocycles. The minimum atomic E-state index is -0.847. The zero-order chi connectivity index (χ0) is 28.7. The molecule has 0 unspecified atom stereocenters. The molecule has 9 rings (SSSR count). The highest BCUT2D eigenvalue weighted by atomic mass is 16.7. The van der Waals surface area contributed by atoms with Gasteiger partial charge in [-0.1, -0.05) is 84.9 Å². The first-order chi connectivity index (χ1) is 21.0. The molecule has 0 bridgehead atoms. The van der Waals surface area contributed by atoms with Crippen molar-refractivity contribution in [2.45, 2.75) is 19.6 Å². The van der Waals surface area contributed by atoms with Gasteiger partial charge in [-0.05, 0) is 47.5 Å². The van der Waals surface area contributed by atoms with Gasteiger partial charge in [-0.25, -0.2) is 0 Å². The van der Waals surface area contributed by atoms with Gasteiger partial charge < -0.3 is 18.3 Å². The molecule has 2 aromatic heterocycles. The second-order valence-electron chi connectivity index (χ2n) is 11.6. The molecule has 4 nitrogen and oxygen atoms in total. The van der Waals surface area contributed by atoms with Crippen LogP contribution in [0.2, 0.25) is 0 Å². The van der Waals surface area contributed by atoms with Gasteiger partial charge in [-0.3, -0.25) is 0 Å². The molecule has 6 aromatic carbocycles. The van der Waals surface area contributed by atoms with Gasteiger partial charge in [0.25, 0.3) is 0 Å². The van der Waals surface area contributed by atoms with Crippen LogP contribution >= 0.6 is 0 Å². The Morgan fingerprint density at radius 3 is 1.35 bits per heavy atom. The summed E-state index contributed by atoms with van der Waals surface area (Å²) in [6, 6.07) is 41.7. The minimum Gasteiger partial charge on any atom is -0.455 e. The fourth-order valence-electron chi connectivity index (χ4n) is 6.49. The normalized spacial score (nSPS) is 13.9. The zero-order valence-corrected chi connectivity index (χ0v) is 23.7. The van der Waals surface area contributed by atoms with Crippen LogP contribution in [0.1, 0.15) is 13.8 Å². The van der Waals surface area contributed by atoms with Gasteiger partial charge >= 0.3 is 0 Å². The molecule has 0 amide bonds. The molecule has 0 aliphatic carbocycles. The Bertz CT molecular complexity index is 2220. The molecule has 1 aliphatic rings. The Labute approximate surface area is 247 Å². The average Bonchev–Trinajstić information content (AvgIpc) is 3.57. The molecule has 0 N–H and O–H groups in total. The Kier molecular flexibility index (Phi) is 4.92. The molecule has 0 atom stereocenters. The van der Waals surface area contributed by atoms with E-state index in [-0.39, 0.29) is 0 Å². The summed E-state index contributed by atoms with van der Waals surface area (Å²) in [5, 5.41) is 4.43. The van der Waals surface area contributed by atoms with E-state index in [0.717, 1.165) is 88.8 Å². The van der Waals surface area contributed by atoms with Crippen molar-refractivity contribution in [3.05, 3.63) is 121 Å². The second kappa shape index (κ2) is 8.76. The van der Waals surface area contributed by atoms with E-state index in [9.17, 15) is 0 Å². The summed E-state index contributed by atoms with van der Waals surface area (Å²) in [6.07, 6.45) is 0. The maximum atomic E-state index is 6.44. The average molecular weight is 559 g/mol. The topological polar surface area (TPSA) is 44.7 Å². The van der Waals surface area contributed by atoms with Gasteiger partial charge in [-0.15, -0.1) is 0 Å². The Morgan fingerprint density at radius 1 is 0.419 bits per heavy atom.